The summed E-state index contributed by atoms with van der Waals surface area (Å²) in [6.07, 6.45) is 4.49. The summed E-state index contributed by atoms with van der Waals surface area (Å²) in [5.74, 6) is -0.433. The Bertz CT molecular complexity index is 1050. The van der Waals surface area contributed by atoms with Gasteiger partial charge >= 0.3 is 0 Å². The fourth-order valence-corrected chi connectivity index (χ4v) is 3.93. The number of rotatable bonds is 9. The topological polar surface area (TPSA) is 98.7 Å². The molecule has 2 aromatic carbocycles. The highest BCUT2D eigenvalue weighted by Gasteiger charge is 2.29. The molecular formula is C25H35ClN6O. The first-order valence-corrected chi connectivity index (χ1v) is 11.3. The SMILES string of the molecule is CCCCCCn1nnc(C(C(=O)Nc2c(C)c(C)c(N)c(C)c2C)c2ccccc2)n1.Cl. The molecule has 1 aromatic heterocycles. The van der Waals surface area contributed by atoms with Gasteiger partial charge in [-0.15, -0.1) is 22.6 Å². The van der Waals surface area contributed by atoms with Crippen molar-refractivity contribution >= 4 is 29.7 Å². The molecule has 0 fully saturated rings. The van der Waals surface area contributed by atoms with Crippen molar-refractivity contribution in [3.05, 3.63) is 64.0 Å². The maximum Gasteiger partial charge on any atom is 0.239 e. The van der Waals surface area contributed by atoms with Gasteiger partial charge in [0.05, 0.1) is 6.54 Å². The van der Waals surface area contributed by atoms with Crippen LogP contribution in [-0.4, -0.2) is 26.1 Å². The van der Waals surface area contributed by atoms with E-state index in [4.69, 9.17) is 5.73 Å². The standard InChI is InChI=1S/C25H34N6O.ClH/c1-6-7-8-12-15-31-29-24(28-30-31)21(20-13-10-9-11-14-20)25(32)27-23-18(4)16(2)22(26)17(3)19(23)5;/h9-11,13-14,21H,6-8,12,15,26H2,1-5H3,(H,27,32);1H. The number of anilines is 2. The lowest BCUT2D eigenvalue weighted by Gasteiger charge is -2.21. The molecule has 1 amide bonds. The zero-order valence-electron chi connectivity index (χ0n) is 20.2. The fourth-order valence-electron chi connectivity index (χ4n) is 3.93. The minimum Gasteiger partial charge on any atom is -0.398 e. The van der Waals surface area contributed by atoms with Gasteiger partial charge in [0.2, 0.25) is 5.91 Å². The van der Waals surface area contributed by atoms with Crippen molar-refractivity contribution in [2.24, 2.45) is 0 Å². The van der Waals surface area contributed by atoms with E-state index in [1.165, 1.54) is 12.8 Å². The lowest BCUT2D eigenvalue weighted by atomic mass is 9.94. The molecule has 1 unspecified atom stereocenters. The predicted molar refractivity (Wildman–Crippen MR) is 136 cm³/mol. The summed E-state index contributed by atoms with van der Waals surface area (Å²) in [6, 6.07) is 9.60. The molecule has 8 heteroatoms. The number of tetrazole rings is 1. The second kappa shape index (κ2) is 11.8. The van der Waals surface area contributed by atoms with Crippen molar-refractivity contribution < 1.29 is 4.79 Å². The average Bonchev–Trinajstić information content (AvgIpc) is 3.26. The van der Waals surface area contributed by atoms with Gasteiger partial charge in [0.15, 0.2) is 5.82 Å². The number of nitrogens with one attached hydrogen (secondary N) is 1. The molecule has 33 heavy (non-hydrogen) atoms. The molecular weight excluding hydrogens is 436 g/mol. The highest BCUT2D eigenvalue weighted by Crippen LogP contribution is 2.33. The van der Waals surface area contributed by atoms with Gasteiger partial charge in [-0.1, -0.05) is 56.5 Å². The third-order valence-electron chi connectivity index (χ3n) is 6.26. The zero-order valence-corrected chi connectivity index (χ0v) is 21.0. The first-order chi connectivity index (χ1) is 15.3. The third-order valence-corrected chi connectivity index (χ3v) is 6.26. The number of aromatic nitrogens is 4. The number of benzene rings is 2. The van der Waals surface area contributed by atoms with Crippen LogP contribution in [0.5, 0.6) is 0 Å². The first-order valence-electron chi connectivity index (χ1n) is 11.3. The molecule has 178 valence electrons. The van der Waals surface area contributed by atoms with Crippen LogP contribution < -0.4 is 11.1 Å². The molecule has 1 heterocycles. The van der Waals surface area contributed by atoms with E-state index in [0.717, 1.165) is 52.0 Å². The van der Waals surface area contributed by atoms with E-state index in [1.807, 2.05) is 58.0 Å². The number of aryl methyl sites for hydroxylation is 1. The number of carbonyl (C=O) groups excluding carboxylic acids is 1. The molecule has 0 radical (unpaired) electrons. The normalized spacial score (nSPS) is 11.7. The number of halogens is 1. The highest BCUT2D eigenvalue weighted by atomic mass is 35.5. The van der Waals surface area contributed by atoms with Crippen LogP contribution in [0.4, 0.5) is 11.4 Å². The van der Waals surface area contributed by atoms with Crippen LogP contribution >= 0.6 is 12.4 Å². The molecule has 0 bridgehead atoms. The molecule has 3 aromatic rings. The Morgan fingerprint density at radius 2 is 1.64 bits per heavy atom. The molecule has 0 saturated heterocycles. The molecule has 0 saturated carbocycles. The van der Waals surface area contributed by atoms with E-state index >= 15 is 0 Å². The number of hydrogen-bond donors (Lipinski definition) is 2. The summed E-state index contributed by atoms with van der Waals surface area (Å²) in [4.78, 5) is 15.2. The number of unbranched alkanes of at least 4 members (excludes halogenated alkanes) is 3. The third kappa shape index (κ3) is 5.90. The highest BCUT2D eigenvalue weighted by molar-refractivity contribution is 5.99. The fraction of sp³-hybridized carbons (Fsp3) is 0.440. The van der Waals surface area contributed by atoms with E-state index < -0.39 is 5.92 Å². The summed E-state index contributed by atoms with van der Waals surface area (Å²) in [6.45, 7) is 10.8. The lowest BCUT2D eigenvalue weighted by Crippen LogP contribution is -2.25. The van der Waals surface area contributed by atoms with E-state index in [0.29, 0.717) is 12.4 Å². The molecule has 3 rings (SSSR count). The van der Waals surface area contributed by atoms with Gasteiger partial charge in [0.1, 0.15) is 5.92 Å². The lowest BCUT2D eigenvalue weighted by molar-refractivity contribution is -0.116. The van der Waals surface area contributed by atoms with E-state index in [9.17, 15) is 4.79 Å². The average molecular weight is 471 g/mol. The number of carbonyl (C=O) groups is 1. The number of amides is 1. The Morgan fingerprint density at radius 3 is 2.24 bits per heavy atom. The monoisotopic (exact) mass is 470 g/mol. The molecule has 3 N–H and O–H groups in total. The van der Waals surface area contributed by atoms with E-state index in [1.54, 1.807) is 4.80 Å². The van der Waals surface area contributed by atoms with Gasteiger partial charge in [-0.05, 0) is 67.1 Å². The van der Waals surface area contributed by atoms with Crippen LogP contribution in [0.15, 0.2) is 30.3 Å². The summed E-state index contributed by atoms with van der Waals surface area (Å²) in [5.41, 5.74) is 12.5. The van der Waals surface area contributed by atoms with Crippen molar-refractivity contribution in [3.8, 4) is 0 Å². The Morgan fingerprint density at radius 1 is 1.00 bits per heavy atom. The molecule has 0 aliphatic rings. The minimum atomic E-state index is -0.655. The zero-order chi connectivity index (χ0) is 23.3. The number of nitrogens with two attached hydrogens (primary N) is 1. The first kappa shape index (κ1) is 26.3. The van der Waals surface area contributed by atoms with E-state index in [2.05, 4.69) is 27.7 Å². The van der Waals surface area contributed by atoms with Crippen molar-refractivity contribution in [1.82, 2.24) is 20.2 Å². The second-order valence-electron chi connectivity index (χ2n) is 8.43. The van der Waals surface area contributed by atoms with Gasteiger partial charge in [-0.25, -0.2) is 0 Å². The van der Waals surface area contributed by atoms with E-state index in [-0.39, 0.29) is 18.3 Å². The second-order valence-corrected chi connectivity index (χ2v) is 8.43. The Labute approximate surface area is 202 Å². The molecule has 7 nitrogen and oxygen atoms in total. The molecule has 0 spiro atoms. The number of hydrogen-bond acceptors (Lipinski definition) is 5. The Hall–Kier alpha value is -2.93. The van der Waals surface area contributed by atoms with Crippen LogP contribution in [0.2, 0.25) is 0 Å². The van der Waals surface area contributed by atoms with Crippen LogP contribution in [-0.2, 0) is 11.3 Å². The van der Waals surface area contributed by atoms with Crippen molar-refractivity contribution in [1.29, 1.82) is 0 Å². The smallest absolute Gasteiger partial charge is 0.239 e. The van der Waals surface area contributed by atoms with Crippen molar-refractivity contribution in [2.45, 2.75) is 72.8 Å². The Kier molecular flexibility index (Phi) is 9.41. The van der Waals surface area contributed by atoms with Crippen molar-refractivity contribution in [3.63, 3.8) is 0 Å². The van der Waals surface area contributed by atoms with Crippen LogP contribution in [0, 0.1) is 27.7 Å². The minimum absolute atomic E-state index is 0. The van der Waals surface area contributed by atoms with Gasteiger partial charge < -0.3 is 11.1 Å². The quantitative estimate of drug-likeness (QED) is 0.328. The summed E-state index contributed by atoms with van der Waals surface area (Å²) in [5, 5.41) is 16.2. The summed E-state index contributed by atoms with van der Waals surface area (Å²) < 4.78 is 0. The molecule has 0 aliphatic carbocycles. The maximum absolute atomic E-state index is 13.6. The number of nitrogens with zero attached hydrogens (tertiary/aromatic N) is 4. The van der Waals surface area contributed by atoms with Gasteiger partial charge in [0, 0.05) is 11.4 Å². The van der Waals surface area contributed by atoms with Gasteiger partial charge in [-0.2, -0.15) is 4.80 Å². The summed E-state index contributed by atoms with van der Waals surface area (Å²) >= 11 is 0. The predicted octanol–water partition coefficient (Wildman–Crippen LogP) is 5.26. The largest absolute Gasteiger partial charge is 0.398 e. The Balaban J connectivity index is 0.00000385. The molecule has 1 atom stereocenters. The van der Waals surface area contributed by atoms with Gasteiger partial charge in [-0.3, -0.25) is 4.79 Å². The van der Waals surface area contributed by atoms with Crippen molar-refractivity contribution in [2.75, 3.05) is 11.1 Å². The van der Waals surface area contributed by atoms with Crippen LogP contribution in [0.3, 0.4) is 0 Å². The van der Waals surface area contributed by atoms with Crippen LogP contribution in [0.1, 0.15) is 72.2 Å². The summed E-state index contributed by atoms with van der Waals surface area (Å²) in [7, 11) is 0. The maximum atomic E-state index is 13.6. The van der Waals surface area contributed by atoms with Gasteiger partial charge in [0.25, 0.3) is 0 Å². The molecule has 0 aliphatic heterocycles. The van der Waals surface area contributed by atoms with Crippen LogP contribution in [0.25, 0.3) is 0 Å². The number of nitrogen functional groups attached to an aromatic ring is 1.